The number of sulfonamides is 1. The Labute approximate surface area is 173 Å². The molecule has 156 valence electrons. The van der Waals surface area contributed by atoms with Crippen molar-refractivity contribution in [1.82, 2.24) is 0 Å². The molecule has 0 heterocycles. The number of halogens is 1. The summed E-state index contributed by atoms with van der Waals surface area (Å²) in [5.41, 5.74) is 0.763. The first kappa shape index (κ1) is 21.1. The van der Waals surface area contributed by atoms with Crippen LogP contribution in [0.5, 0.6) is 11.5 Å². The number of nitrogens with one attached hydrogen (secondary N) is 2. The minimum absolute atomic E-state index is 0.0268. The Hall–Kier alpha value is -3.59. The van der Waals surface area contributed by atoms with Crippen LogP contribution < -0.4 is 19.5 Å². The van der Waals surface area contributed by atoms with Crippen molar-refractivity contribution < 1.29 is 27.1 Å². The lowest BCUT2D eigenvalue weighted by atomic mass is 10.3. The van der Waals surface area contributed by atoms with Crippen LogP contribution in [0.2, 0.25) is 0 Å². The second-order valence-electron chi connectivity index (χ2n) is 6.13. The highest BCUT2D eigenvalue weighted by molar-refractivity contribution is 7.92. The fourth-order valence-corrected chi connectivity index (χ4v) is 3.55. The molecule has 3 aromatic rings. The molecule has 0 atom stereocenters. The SMILES string of the molecule is COc1ccc(NS(=O)(=O)c2ccc(NC(=O)COc3ccccc3F)cc2)cc1. The molecular weight excluding hydrogens is 411 g/mol. The summed E-state index contributed by atoms with van der Waals surface area (Å²) in [6.07, 6.45) is 0. The molecule has 0 radical (unpaired) electrons. The predicted molar refractivity (Wildman–Crippen MR) is 111 cm³/mol. The number of hydrogen-bond donors (Lipinski definition) is 2. The minimum Gasteiger partial charge on any atom is -0.497 e. The van der Waals surface area contributed by atoms with Crippen LogP contribution in [0.25, 0.3) is 0 Å². The average molecular weight is 430 g/mol. The molecule has 0 aliphatic heterocycles. The summed E-state index contributed by atoms with van der Waals surface area (Å²) in [6.45, 7) is -0.389. The summed E-state index contributed by atoms with van der Waals surface area (Å²) in [6, 6.07) is 17.8. The lowest BCUT2D eigenvalue weighted by molar-refractivity contribution is -0.118. The van der Waals surface area contributed by atoms with Gasteiger partial charge in [-0.3, -0.25) is 9.52 Å². The van der Waals surface area contributed by atoms with Crippen molar-refractivity contribution in [3.05, 3.63) is 78.6 Å². The van der Waals surface area contributed by atoms with Gasteiger partial charge in [0.15, 0.2) is 18.2 Å². The quantitative estimate of drug-likeness (QED) is 0.569. The highest BCUT2D eigenvalue weighted by Gasteiger charge is 2.15. The van der Waals surface area contributed by atoms with E-state index in [-0.39, 0.29) is 17.3 Å². The number of rotatable bonds is 8. The first-order valence-electron chi connectivity index (χ1n) is 8.81. The van der Waals surface area contributed by atoms with E-state index < -0.39 is 21.7 Å². The Morgan fingerprint density at radius 3 is 2.20 bits per heavy atom. The van der Waals surface area contributed by atoms with E-state index in [1.54, 1.807) is 30.3 Å². The zero-order valence-electron chi connectivity index (χ0n) is 16.0. The molecule has 9 heteroatoms. The molecule has 7 nitrogen and oxygen atoms in total. The fourth-order valence-electron chi connectivity index (χ4n) is 2.49. The molecule has 1 amide bonds. The number of para-hydroxylation sites is 1. The Morgan fingerprint density at radius 1 is 0.933 bits per heavy atom. The van der Waals surface area contributed by atoms with E-state index >= 15 is 0 Å². The summed E-state index contributed by atoms with van der Waals surface area (Å²) in [5, 5.41) is 2.56. The summed E-state index contributed by atoms with van der Waals surface area (Å²) < 4.78 is 51.1. The molecule has 3 aromatic carbocycles. The Balaban J connectivity index is 1.59. The minimum atomic E-state index is -3.80. The van der Waals surface area contributed by atoms with Crippen LogP contribution in [0.3, 0.4) is 0 Å². The first-order valence-corrected chi connectivity index (χ1v) is 10.3. The standard InChI is InChI=1S/C21H19FN2O5S/c1-28-17-10-6-16(7-11-17)24-30(26,27)18-12-8-15(9-13-18)23-21(25)14-29-20-5-3-2-4-19(20)22/h2-13,24H,14H2,1H3,(H,23,25). The normalized spacial score (nSPS) is 10.9. The smallest absolute Gasteiger partial charge is 0.262 e. The molecule has 0 spiro atoms. The average Bonchev–Trinajstić information content (AvgIpc) is 2.74. The topological polar surface area (TPSA) is 93.7 Å². The van der Waals surface area contributed by atoms with Gasteiger partial charge in [-0.1, -0.05) is 12.1 Å². The summed E-state index contributed by atoms with van der Waals surface area (Å²) in [5.74, 6) is -0.495. The van der Waals surface area contributed by atoms with Gasteiger partial charge in [-0.15, -0.1) is 0 Å². The Morgan fingerprint density at radius 2 is 1.57 bits per heavy atom. The van der Waals surface area contributed by atoms with Crippen LogP contribution in [-0.2, 0) is 14.8 Å². The lowest BCUT2D eigenvalue weighted by Crippen LogP contribution is -2.20. The molecule has 0 aliphatic carbocycles. The van der Waals surface area contributed by atoms with Crippen molar-refractivity contribution in [3.8, 4) is 11.5 Å². The molecule has 0 fully saturated rings. The van der Waals surface area contributed by atoms with E-state index in [0.29, 0.717) is 17.1 Å². The van der Waals surface area contributed by atoms with Crippen LogP contribution in [0.4, 0.5) is 15.8 Å². The van der Waals surface area contributed by atoms with Gasteiger partial charge < -0.3 is 14.8 Å². The zero-order chi connectivity index (χ0) is 21.6. The molecule has 2 N–H and O–H groups in total. The van der Waals surface area contributed by atoms with Crippen molar-refractivity contribution in [2.24, 2.45) is 0 Å². The van der Waals surface area contributed by atoms with Crippen molar-refractivity contribution in [2.75, 3.05) is 23.8 Å². The Kier molecular flexibility index (Phi) is 6.53. The van der Waals surface area contributed by atoms with Crippen molar-refractivity contribution in [3.63, 3.8) is 0 Å². The second kappa shape index (κ2) is 9.27. The van der Waals surface area contributed by atoms with Crippen molar-refractivity contribution >= 4 is 27.3 Å². The van der Waals surface area contributed by atoms with Gasteiger partial charge in [-0.2, -0.15) is 0 Å². The number of anilines is 2. The van der Waals surface area contributed by atoms with E-state index in [9.17, 15) is 17.6 Å². The number of amides is 1. The third-order valence-electron chi connectivity index (χ3n) is 3.99. The van der Waals surface area contributed by atoms with Gasteiger partial charge in [0.05, 0.1) is 12.0 Å². The van der Waals surface area contributed by atoms with Gasteiger partial charge in [0.1, 0.15) is 5.75 Å². The second-order valence-corrected chi connectivity index (χ2v) is 7.81. The molecule has 0 unspecified atom stereocenters. The van der Waals surface area contributed by atoms with Crippen LogP contribution >= 0.6 is 0 Å². The molecule has 0 aromatic heterocycles. The van der Waals surface area contributed by atoms with Gasteiger partial charge in [-0.25, -0.2) is 12.8 Å². The molecule has 0 saturated heterocycles. The van der Waals surface area contributed by atoms with Crippen LogP contribution in [0.15, 0.2) is 77.7 Å². The highest BCUT2D eigenvalue weighted by atomic mass is 32.2. The van der Waals surface area contributed by atoms with Crippen LogP contribution in [0, 0.1) is 5.82 Å². The van der Waals surface area contributed by atoms with E-state index in [1.165, 1.54) is 49.6 Å². The van der Waals surface area contributed by atoms with Crippen LogP contribution in [0.1, 0.15) is 0 Å². The third kappa shape index (κ3) is 5.48. The van der Waals surface area contributed by atoms with Crippen LogP contribution in [-0.4, -0.2) is 28.0 Å². The number of ether oxygens (including phenoxy) is 2. The number of hydrogen-bond acceptors (Lipinski definition) is 5. The number of benzene rings is 3. The van der Waals surface area contributed by atoms with Crippen molar-refractivity contribution in [1.29, 1.82) is 0 Å². The van der Waals surface area contributed by atoms with E-state index in [1.807, 2.05) is 0 Å². The summed E-state index contributed by atoms with van der Waals surface area (Å²) in [7, 11) is -2.28. The maximum atomic E-state index is 13.5. The summed E-state index contributed by atoms with van der Waals surface area (Å²) >= 11 is 0. The molecule has 0 saturated carbocycles. The largest absolute Gasteiger partial charge is 0.497 e. The van der Waals surface area contributed by atoms with Crippen molar-refractivity contribution in [2.45, 2.75) is 4.90 Å². The van der Waals surface area contributed by atoms with Gasteiger partial charge in [0, 0.05) is 11.4 Å². The zero-order valence-corrected chi connectivity index (χ0v) is 16.8. The third-order valence-corrected chi connectivity index (χ3v) is 5.38. The van der Waals surface area contributed by atoms with Gasteiger partial charge >= 0.3 is 0 Å². The maximum Gasteiger partial charge on any atom is 0.262 e. The fraction of sp³-hybridized carbons (Fsp3) is 0.0952. The predicted octanol–water partition coefficient (Wildman–Crippen LogP) is 3.65. The molecule has 0 bridgehead atoms. The molecule has 3 rings (SSSR count). The van der Waals surface area contributed by atoms with E-state index in [0.717, 1.165) is 0 Å². The van der Waals surface area contributed by atoms with Gasteiger partial charge in [0.2, 0.25) is 0 Å². The van der Waals surface area contributed by atoms with Gasteiger partial charge in [0.25, 0.3) is 15.9 Å². The molecule has 30 heavy (non-hydrogen) atoms. The van der Waals surface area contributed by atoms with Gasteiger partial charge in [-0.05, 0) is 60.7 Å². The number of methoxy groups -OCH3 is 1. The summed E-state index contributed by atoms with van der Waals surface area (Å²) in [4.78, 5) is 12.0. The molecule has 0 aliphatic rings. The number of carbonyl (C=O) groups excluding carboxylic acids is 1. The Bertz CT molecular complexity index is 1120. The highest BCUT2D eigenvalue weighted by Crippen LogP contribution is 2.21. The lowest BCUT2D eigenvalue weighted by Gasteiger charge is -2.10. The monoisotopic (exact) mass is 430 g/mol. The first-order chi connectivity index (χ1) is 14.4. The maximum absolute atomic E-state index is 13.5. The van der Waals surface area contributed by atoms with E-state index in [2.05, 4.69) is 10.0 Å². The van der Waals surface area contributed by atoms with E-state index in [4.69, 9.17) is 9.47 Å². The molecular formula is C21H19FN2O5S. The number of carbonyl (C=O) groups is 1.